The van der Waals surface area contributed by atoms with Gasteiger partial charge in [0.1, 0.15) is 5.56 Å². The summed E-state index contributed by atoms with van der Waals surface area (Å²) in [6.45, 7) is 6.04. The molecule has 1 fully saturated rings. The number of pyridine rings is 1. The lowest BCUT2D eigenvalue weighted by Crippen LogP contribution is -2.40. The number of likely N-dealkylation sites (tertiary alicyclic amines) is 1. The summed E-state index contributed by atoms with van der Waals surface area (Å²) >= 11 is 0. The summed E-state index contributed by atoms with van der Waals surface area (Å²) in [6.07, 6.45) is 4.34. The molecule has 3 N–H and O–H groups in total. The SMILES string of the molecule is CC1CCCN(CCNC(=O)c2c(N)nn3ccccc23)C1. The van der Waals surface area contributed by atoms with Crippen LogP contribution in [0.1, 0.15) is 30.1 Å². The van der Waals surface area contributed by atoms with Crippen LogP contribution in [0.2, 0.25) is 0 Å². The number of nitrogens with one attached hydrogen (secondary N) is 1. The lowest BCUT2D eigenvalue weighted by atomic mass is 10.0. The molecule has 1 unspecified atom stereocenters. The normalized spacial score (nSPS) is 19.4. The van der Waals surface area contributed by atoms with Crippen LogP contribution in [-0.4, -0.2) is 46.6 Å². The molecule has 0 aromatic carbocycles. The van der Waals surface area contributed by atoms with Crippen molar-refractivity contribution in [2.45, 2.75) is 19.8 Å². The smallest absolute Gasteiger partial charge is 0.257 e. The van der Waals surface area contributed by atoms with Crippen molar-refractivity contribution in [2.24, 2.45) is 5.92 Å². The van der Waals surface area contributed by atoms with Crippen molar-refractivity contribution < 1.29 is 4.79 Å². The maximum absolute atomic E-state index is 12.4. The molecule has 22 heavy (non-hydrogen) atoms. The minimum absolute atomic E-state index is 0.149. The topological polar surface area (TPSA) is 75.7 Å². The second-order valence-corrected chi connectivity index (χ2v) is 6.09. The monoisotopic (exact) mass is 301 g/mol. The maximum Gasteiger partial charge on any atom is 0.257 e. The standard InChI is InChI=1S/C16H23N5O/c1-12-5-4-8-20(11-12)10-7-18-16(22)14-13-6-2-3-9-21(13)19-15(14)17/h2-3,6,9,12H,4-5,7-8,10-11H2,1H3,(H2,17,19)(H,18,22). The van der Waals surface area contributed by atoms with E-state index in [1.807, 2.05) is 18.2 Å². The van der Waals surface area contributed by atoms with Crippen LogP contribution in [0.3, 0.4) is 0 Å². The molecule has 1 amide bonds. The summed E-state index contributed by atoms with van der Waals surface area (Å²) in [7, 11) is 0. The number of carbonyl (C=O) groups excluding carboxylic acids is 1. The number of anilines is 1. The zero-order valence-corrected chi connectivity index (χ0v) is 13.0. The number of hydrogen-bond donors (Lipinski definition) is 2. The number of piperidine rings is 1. The molecular formula is C16H23N5O. The van der Waals surface area contributed by atoms with Crippen molar-refractivity contribution in [2.75, 3.05) is 31.9 Å². The lowest BCUT2D eigenvalue weighted by Gasteiger charge is -2.30. The van der Waals surface area contributed by atoms with E-state index in [-0.39, 0.29) is 11.7 Å². The van der Waals surface area contributed by atoms with Crippen LogP contribution in [0.5, 0.6) is 0 Å². The zero-order valence-electron chi connectivity index (χ0n) is 13.0. The average Bonchev–Trinajstić information content (AvgIpc) is 2.83. The van der Waals surface area contributed by atoms with Gasteiger partial charge in [0.2, 0.25) is 0 Å². The van der Waals surface area contributed by atoms with E-state index in [1.54, 1.807) is 10.7 Å². The van der Waals surface area contributed by atoms with Gasteiger partial charge in [-0.15, -0.1) is 5.10 Å². The van der Waals surface area contributed by atoms with Crippen molar-refractivity contribution >= 4 is 17.2 Å². The highest BCUT2D eigenvalue weighted by Crippen LogP contribution is 2.17. The van der Waals surface area contributed by atoms with E-state index in [2.05, 4.69) is 22.2 Å². The van der Waals surface area contributed by atoms with Gasteiger partial charge in [0.05, 0.1) is 5.52 Å². The molecule has 0 saturated carbocycles. The Bertz CT molecular complexity index is 666. The molecule has 0 bridgehead atoms. The average molecular weight is 301 g/mol. The number of nitrogen functional groups attached to an aromatic ring is 1. The summed E-state index contributed by atoms with van der Waals surface area (Å²) in [5.74, 6) is 0.874. The van der Waals surface area contributed by atoms with Gasteiger partial charge in [-0.25, -0.2) is 4.52 Å². The summed E-state index contributed by atoms with van der Waals surface area (Å²) in [6, 6.07) is 5.59. The van der Waals surface area contributed by atoms with E-state index in [9.17, 15) is 4.79 Å². The predicted octanol–water partition coefficient (Wildman–Crippen LogP) is 1.38. The molecule has 6 nitrogen and oxygen atoms in total. The van der Waals surface area contributed by atoms with Crippen molar-refractivity contribution in [3.63, 3.8) is 0 Å². The third kappa shape index (κ3) is 3.06. The first-order valence-electron chi connectivity index (χ1n) is 7.88. The molecule has 1 aliphatic rings. The number of amides is 1. The van der Waals surface area contributed by atoms with Crippen LogP contribution >= 0.6 is 0 Å². The van der Waals surface area contributed by atoms with Crippen molar-refractivity contribution in [3.8, 4) is 0 Å². The Balaban J connectivity index is 1.60. The Morgan fingerprint density at radius 3 is 3.18 bits per heavy atom. The van der Waals surface area contributed by atoms with Crippen LogP contribution in [0.15, 0.2) is 24.4 Å². The molecule has 2 aromatic rings. The first-order valence-corrected chi connectivity index (χ1v) is 7.88. The van der Waals surface area contributed by atoms with E-state index in [0.29, 0.717) is 12.1 Å². The van der Waals surface area contributed by atoms with Gasteiger partial charge in [0.25, 0.3) is 5.91 Å². The lowest BCUT2D eigenvalue weighted by molar-refractivity contribution is 0.0946. The maximum atomic E-state index is 12.4. The second-order valence-electron chi connectivity index (χ2n) is 6.09. The highest BCUT2D eigenvalue weighted by Gasteiger charge is 2.19. The molecule has 3 heterocycles. The van der Waals surface area contributed by atoms with Crippen LogP contribution < -0.4 is 11.1 Å². The summed E-state index contributed by atoms with van der Waals surface area (Å²) in [4.78, 5) is 14.8. The Labute approximate surface area is 130 Å². The Kier molecular flexibility index (Phi) is 4.29. The van der Waals surface area contributed by atoms with Gasteiger partial charge in [0, 0.05) is 25.8 Å². The number of nitrogens with two attached hydrogens (primary N) is 1. The first kappa shape index (κ1) is 14.8. The minimum atomic E-state index is -0.149. The Hall–Kier alpha value is -2.08. The number of nitrogens with zero attached hydrogens (tertiary/aromatic N) is 3. The largest absolute Gasteiger partial charge is 0.382 e. The van der Waals surface area contributed by atoms with E-state index < -0.39 is 0 Å². The number of rotatable bonds is 4. The molecule has 0 aliphatic carbocycles. The summed E-state index contributed by atoms with van der Waals surface area (Å²) in [5, 5.41) is 7.13. The molecular weight excluding hydrogens is 278 g/mol. The van der Waals surface area contributed by atoms with Gasteiger partial charge in [-0.1, -0.05) is 13.0 Å². The molecule has 1 aliphatic heterocycles. The van der Waals surface area contributed by atoms with Gasteiger partial charge in [-0.2, -0.15) is 0 Å². The van der Waals surface area contributed by atoms with E-state index >= 15 is 0 Å². The number of hydrogen-bond acceptors (Lipinski definition) is 4. The first-order chi connectivity index (χ1) is 10.6. The van der Waals surface area contributed by atoms with Gasteiger partial charge in [0.15, 0.2) is 5.82 Å². The van der Waals surface area contributed by atoms with Crippen LogP contribution in [-0.2, 0) is 0 Å². The molecule has 1 atom stereocenters. The second kappa shape index (κ2) is 6.36. The molecule has 0 spiro atoms. The number of fused-ring (bicyclic) bond motifs is 1. The highest BCUT2D eigenvalue weighted by molar-refractivity contribution is 6.05. The Morgan fingerprint density at radius 1 is 1.50 bits per heavy atom. The van der Waals surface area contributed by atoms with E-state index in [4.69, 9.17) is 5.73 Å². The molecule has 118 valence electrons. The third-order valence-electron chi connectivity index (χ3n) is 4.25. The number of carbonyl (C=O) groups is 1. The fourth-order valence-electron chi connectivity index (χ4n) is 3.16. The fraction of sp³-hybridized carbons (Fsp3) is 0.500. The molecule has 6 heteroatoms. The molecule has 1 saturated heterocycles. The summed E-state index contributed by atoms with van der Waals surface area (Å²) < 4.78 is 1.64. The van der Waals surface area contributed by atoms with Crippen molar-refractivity contribution in [1.29, 1.82) is 0 Å². The van der Waals surface area contributed by atoms with Crippen LogP contribution in [0.4, 0.5) is 5.82 Å². The summed E-state index contributed by atoms with van der Waals surface area (Å²) in [5.41, 5.74) is 7.09. The molecule has 3 rings (SSSR count). The third-order valence-corrected chi connectivity index (χ3v) is 4.25. The Morgan fingerprint density at radius 2 is 2.36 bits per heavy atom. The van der Waals surface area contributed by atoms with E-state index in [1.165, 1.54) is 12.8 Å². The van der Waals surface area contributed by atoms with Gasteiger partial charge in [-0.3, -0.25) is 4.79 Å². The zero-order chi connectivity index (χ0) is 15.5. The van der Waals surface area contributed by atoms with Crippen LogP contribution in [0.25, 0.3) is 5.52 Å². The van der Waals surface area contributed by atoms with Gasteiger partial charge >= 0.3 is 0 Å². The van der Waals surface area contributed by atoms with Crippen molar-refractivity contribution in [3.05, 3.63) is 30.0 Å². The minimum Gasteiger partial charge on any atom is -0.382 e. The predicted molar refractivity (Wildman–Crippen MR) is 86.8 cm³/mol. The van der Waals surface area contributed by atoms with E-state index in [0.717, 1.165) is 31.1 Å². The molecule has 0 radical (unpaired) electrons. The number of aromatic nitrogens is 2. The van der Waals surface area contributed by atoms with Gasteiger partial charge < -0.3 is 16.0 Å². The quantitative estimate of drug-likeness (QED) is 0.894. The van der Waals surface area contributed by atoms with Crippen molar-refractivity contribution in [1.82, 2.24) is 19.8 Å². The van der Waals surface area contributed by atoms with Crippen LogP contribution in [0, 0.1) is 5.92 Å². The van der Waals surface area contributed by atoms with Gasteiger partial charge in [-0.05, 0) is 37.4 Å². The highest BCUT2D eigenvalue weighted by atomic mass is 16.1. The fourth-order valence-corrected chi connectivity index (χ4v) is 3.16. The molecule has 2 aromatic heterocycles.